The molecule has 0 aromatic rings. The summed E-state index contributed by atoms with van der Waals surface area (Å²) >= 11 is 0. The predicted octanol–water partition coefficient (Wildman–Crippen LogP) is 4.24. The van der Waals surface area contributed by atoms with Crippen LogP contribution in [-0.2, 0) is 0 Å². The van der Waals surface area contributed by atoms with Crippen LogP contribution in [0, 0.1) is 0 Å². The molecule has 0 rings (SSSR count). The van der Waals surface area contributed by atoms with Gasteiger partial charge in [-0.15, -0.1) is 0 Å². The van der Waals surface area contributed by atoms with Gasteiger partial charge >= 0.3 is 0 Å². The quantitative estimate of drug-likeness (QED) is 0.430. The highest BCUT2D eigenvalue weighted by molar-refractivity contribution is 4.51. The zero-order valence-corrected chi connectivity index (χ0v) is 12.7. The molecule has 0 unspecified atom stereocenters. The Labute approximate surface area is 115 Å². The second-order valence-electron chi connectivity index (χ2n) is 5.43. The highest BCUT2D eigenvalue weighted by Gasteiger charge is 1.92. The van der Waals surface area contributed by atoms with Gasteiger partial charge in [-0.1, -0.05) is 64.7 Å². The van der Waals surface area contributed by atoms with Gasteiger partial charge in [0.1, 0.15) is 0 Å². The first-order valence-electron chi connectivity index (χ1n) is 8.32. The van der Waals surface area contributed by atoms with Crippen molar-refractivity contribution < 1.29 is 0 Å². The van der Waals surface area contributed by atoms with Crippen LogP contribution in [0.4, 0.5) is 0 Å². The average Bonchev–Trinajstić information content (AvgIpc) is 2.39. The van der Waals surface area contributed by atoms with Gasteiger partial charge in [-0.25, -0.2) is 0 Å². The molecule has 2 heteroatoms. The van der Waals surface area contributed by atoms with E-state index in [4.69, 9.17) is 5.73 Å². The fraction of sp³-hybridized carbons (Fsp3) is 1.00. The van der Waals surface area contributed by atoms with E-state index in [0.29, 0.717) is 0 Å². The summed E-state index contributed by atoms with van der Waals surface area (Å²) in [6.45, 7) is 5.58. The third-order valence-electron chi connectivity index (χ3n) is 3.51. The van der Waals surface area contributed by atoms with Crippen molar-refractivity contribution >= 4 is 0 Å². The predicted molar refractivity (Wildman–Crippen MR) is 83.0 cm³/mol. The average molecular weight is 256 g/mol. The molecule has 0 aliphatic carbocycles. The lowest BCUT2D eigenvalue weighted by atomic mass is 10.1. The van der Waals surface area contributed by atoms with E-state index in [1.54, 1.807) is 0 Å². The van der Waals surface area contributed by atoms with Crippen LogP contribution in [0.5, 0.6) is 0 Å². The molecule has 0 bridgehead atoms. The van der Waals surface area contributed by atoms with E-state index < -0.39 is 0 Å². The Bertz CT molecular complexity index is 121. The highest BCUT2D eigenvalue weighted by Crippen LogP contribution is 2.07. The van der Waals surface area contributed by atoms with E-state index in [-0.39, 0.29) is 0 Å². The molecular formula is C16H36N2. The van der Waals surface area contributed by atoms with Gasteiger partial charge < -0.3 is 11.1 Å². The Morgan fingerprint density at radius 2 is 1.06 bits per heavy atom. The van der Waals surface area contributed by atoms with Gasteiger partial charge in [-0.05, 0) is 38.9 Å². The molecule has 18 heavy (non-hydrogen) atoms. The fourth-order valence-corrected chi connectivity index (χ4v) is 2.26. The standard InChI is InChI=1S/C16H36N2/c1-2-3-4-12-15-18-16-13-10-8-6-5-7-9-11-14-17/h18H,2-17H2,1H3. The summed E-state index contributed by atoms with van der Waals surface area (Å²) < 4.78 is 0. The first-order valence-corrected chi connectivity index (χ1v) is 8.32. The summed E-state index contributed by atoms with van der Waals surface area (Å²) in [6, 6.07) is 0. The molecule has 0 aromatic carbocycles. The lowest BCUT2D eigenvalue weighted by molar-refractivity contribution is 0.540. The summed E-state index contributed by atoms with van der Waals surface area (Å²) in [5.41, 5.74) is 5.47. The Morgan fingerprint density at radius 3 is 1.56 bits per heavy atom. The molecule has 0 aromatic heterocycles. The Hall–Kier alpha value is -0.0800. The van der Waals surface area contributed by atoms with Crippen LogP contribution in [0.25, 0.3) is 0 Å². The molecule has 0 radical (unpaired) electrons. The zero-order valence-electron chi connectivity index (χ0n) is 12.7. The minimum absolute atomic E-state index is 0.865. The summed E-state index contributed by atoms with van der Waals surface area (Å²) in [5.74, 6) is 0. The van der Waals surface area contributed by atoms with Crippen molar-refractivity contribution in [1.29, 1.82) is 0 Å². The van der Waals surface area contributed by atoms with E-state index in [1.807, 2.05) is 0 Å². The first-order chi connectivity index (χ1) is 8.91. The fourth-order valence-electron chi connectivity index (χ4n) is 2.26. The first kappa shape index (κ1) is 17.9. The Kier molecular flexibility index (Phi) is 16.8. The summed E-state index contributed by atoms with van der Waals surface area (Å²) in [7, 11) is 0. The van der Waals surface area contributed by atoms with Crippen LogP contribution in [0.1, 0.15) is 84.0 Å². The summed E-state index contributed by atoms with van der Waals surface area (Å²) in [6.07, 6.45) is 16.4. The van der Waals surface area contributed by atoms with Crippen LogP contribution >= 0.6 is 0 Å². The van der Waals surface area contributed by atoms with E-state index in [0.717, 1.165) is 6.54 Å². The third-order valence-corrected chi connectivity index (χ3v) is 3.51. The van der Waals surface area contributed by atoms with Crippen molar-refractivity contribution in [3.63, 3.8) is 0 Å². The number of hydrogen-bond acceptors (Lipinski definition) is 2. The molecule has 0 spiro atoms. The van der Waals surface area contributed by atoms with E-state index >= 15 is 0 Å². The summed E-state index contributed by atoms with van der Waals surface area (Å²) in [4.78, 5) is 0. The van der Waals surface area contributed by atoms with Gasteiger partial charge in [0.25, 0.3) is 0 Å². The van der Waals surface area contributed by atoms with Gasteiger partial charge in [0.05, 0.1) is 0 Å². The van der Waals surface area contributed by atoms with Gasteiger partial charge in [-0.2, -0.15) is 0 Å². The Balaban J connectivity index is 2.86. The number of rotatable bonds is 15. The van der Waals surface area contributed by atoms with Crippen LogP contribution in [0.15, 0.2) is 0 Å². The third kappa shape index (κ3) is 15.9. The molecule has 0 saturated heterocycles. The van der Waals surface area contributed by atoms with E-state index in [2.05, 4.69) is 12.2 Å². The zero-order chi connectivity index (χ0) is 13.3. The molecule has 0 atom stereocenters. The van der Waals surface area contributed by atoms with E-state index in [9.17, 15) is 0 Å². The van der Waals surface area contributed by atoms with Gasteiger partial charge in [0.15, 0.2) is 0 Å². The van der Waals surface area contributed by atoms with Gasteiger partial charge in [0.2, 0.25) is 0 Å². The molecule has 0 heterocycles. The number of unbranched alkanes of at least 4 members (excludes halogenated alkanes) is 10. The van der Waals surface area contributed by atoms with Crippen LogP contribution in [0.2, 0.25) is 0 Å². The smallest absolute Gasteiger partial charge is 0.00489 e. The van der Waals surface area contributed by atoms with Gasteiger partial charge in [0, 0.05) is 0 Å². The topological polar surface area (TPSA) is 38.0 Å². The summed E-state index contributed by atoms with van der Waals surface area (Å²) in [5, 5.41) is 3.55. The molecule has 0 aliphatic heterocycles. The highest BCUT2D eigenvalue weighted by atomic mass is 14.8. The van der Waals surface area contributed by atoms with E-state index in [1.165, 1.54) is 90.1 Å². The van der Waals surface area contributed by atoms with Crippen molar-refractivity contribution in [3.8, 4) is 0 Å². The van der Waals surface area contributed by atoms with Crippen molar-refractivity contribution in [3.05, 3.63) is 0 Å². The molecule has 0 saturated carbocycles. The molecule has 0 aliphatic rings. The minimum atomic E-state index is 0.865. The normalized spacial score (nSPS) is 11.0. The second kappa shape index (κ2) is 16.9. The number of nitrogens with two attached hydrogens (primary N) is 1. The van der Waals surface area contributed by atoms with Crippen LogP contribution in [-0.4, -0.2) is 19.6 Å². The maximum absolute atomic E-state index is 5.47. The number of hydrogen-bond donors (Lipinski definition) is 2. The van der Waals surface area contributed by atoms with Crippen molar-refractivity contribution in [1.82, 2.24) is 5.32 Å². The molecule has 2 nitrogen and oxygen atoms in total. The molecule has 3 N–H and O–H groups in total. The lowest BCUT2D eigenvalue weighted by Crippen LogP contribution is -2.16. The van der Waals surface area contributed by atoms with Crippen LogP contribution in [0.3, 0.4) is 0 Å². The molecule has 0 amide bonds. The van der Waals surface area contributed by atoms with Crippen LogP contribution < -0.4 is 11.1 Å². The van der Waals surface area contributed by atoms with Crippen molar-refractivity contribution in [2.75, 3.05) is 19.6 Å². The minimum Gasteiger partial charge on any atom is -0.330 e. The maximum atomic E-state index is 5.47. The van der Waals surface area contributed by atoms with Crippen molar-refractivity contribution in [2.24, 2.45) is 5.73 Å². The molecule has 110 valence electrons. The van der Waals surface area contributed by atoms with Gasteiger partial charge in [-0.3, -0.25) is 0 Å². The molecule has 0 fully saturated rings. The lowest BCUT2D eigenvalue weighted by Gasteiger charge is -2.04. The Morgan fingerprint density at radius 1 is 0.611 bits per heavy atom. The van der Waals surface area contributed by atoms with Crippen molar-refractivity contribution in [2.45, 2.75) is 84.0 Å². The number of nitrogens with one attached hydrogen (secondary N) is 1. The maximum Gasteiger partial charge on any atom is -0.00489 e. The molecular weight excluding hydrogens is 220 g/mol. The largest absolute Gasteiger partial charge is 0.330 e. The second-order valence-corrected chi connectivity index (χ2v) is 5.43. The SMILES string of the molecule is CCCCCCNCCCCCCCCCCN. The monoisotopic (exact) mass is 256 g/mol.